The van der Waals surface area contributed by atoms with E-state index in [1.165, 1.54) is 12.5 Å². The number of fused-ring (bicyclic) bond motifs is 5. The minimum atomic E-state index is -0.188. The van der Waals surface area contributed by atoms with Gasteiger partial charge in [0.15, 0.2) is 0 Å². The van der Waals surface area contributed by atoms with Gasteiger partial charge < -0.3 is 10.3 Å². The molecule has 28 heavy (non-hydrogen) atoms. The number of aromatic nitrogens is 3. The summed E-state index contributed by atoms with van der Waals surface area (Å²) in [6, 6.07) is 16.0. The molecular formula is C22H18N4O2. The predicted octanol–water partition coefficient (Wildman–Crippen LogP) is 3.34. The summed E-state index contributed by atoms with van der Waals surface area (Å²) < 4.78 is 1.90. The third-order valence-corrected chi connectivity index (χ3v) is 5.22. The standard InChI is InChI=1S/C22H18N4O2/c1-13(27)24-15-6-4-5-14(11-15)12-18-16-7-2-3-8-17(16)19-20(18)26-10-9-23-21(26)22(28)25-19/h2-11,18H,12H2,1H3,(H,24,27)(H,25,28). The topological polar surface area (TPSA) is 79.3 Å². The Hall–Kier alpha value is -3.67. The van der Waals surface area contributed by atoms with Crippen molar-refractivity contribution < 1.29 is 4.79 Å². The van der Waals surface area contributed by atoms with Crippen molar-refractivity contribution >= 4 is 17.2 Å². The van der Waals surface area contributed by atoms with E-state index in [-0.39, 0.29) is 17.4 Å². The van der Waals surface area contributed by atoms with Crippen LogP contribution >= 0.6 is 0 Å². The summed E-state index contributed by atoms with van der Waals surface area (Å²) >= 11 is 0. The number of hydrogen-bond acceptors (Lipinski definition) is 3. The van der Waals surface area contributed by atoms with Crippen LogP contribution in [-0.2, 0) is 11.2 Å². The maximum Gasteiger partial charge on any atom is 0.292 e. The van der Waals surface area contributed by atoms with Crippen LogP contribution in [-0.4, -0.2) is 20.3 Å². The Kier molecular flexibility index (Phi) is 3.65. The van der Waals surface area contributed by atoms with Gasteiger partial charge in [0.1, 0.15) is 0 Å². The molecule has 0 fully saturated rings. The fourth-order valence-electron chi connectivity index (χ4n) is 4.16. The van der Waals surface area contributed by atoms with E-state index in [4.69, 9.17) is 0 Å². The molecule has 2 aromatic heterocycles. The molecule has 5 rings (SSSR count). The van der Waals surface area contributed by atoms with Gasteiger partial charge in [0.2, 0.25) is 11.6 Å². The molecule has 138 valence electrons. The zero-order chi connectivity index (χ0) is 19.3. The Morgan fingerprint density at radius 2 is 2.07 bits per heavy atom. The highest BCUT2D eigenvalue weighted by Crippen LogP contribution is 2.44. The third kappa shape index (κ3) is 2.53. The number of carbonyl (C=O) groups excluding carboxylic acids is 1. The van der Waals surface area contributed by atoms with E-state index in [0.717, 1.165) is 34.6 Å². The zero-order valence-corrected chi connectivity index (χ0v) is 15.3. The van der Waals surface area contributed by atoms with E-state index in [0.29, 0.717) is 5.65 Å². The number of benzene rings is 2. The van der Waals surface area contributed by atoms with Gasteiger partial charge in [0.05, 0.1) is 11.4 Å². The van der Waals surface area contributed by atoms with Crippen molar-refractivity contribution in [1.82, 2.24) is 14.4 Å². The minimum Gasteiger partial charge on any atom is -0.326 e. The molecular weight excluding hydrogens is 352 g/mol. The number of nitrogens with one attached hydrogen (secondary N) is 2. The Morgan fingerprint density at radius 3 is 2.93 bits per heavy atom. The van der Waals surface area contributed by atoms with Gasteiger partial charge in [-0.1, -0.05) is 36.4 Å². The van der Waals surface area contributed by atoms with Gasteiger partial charge in [-0.25, -0.2) is 4.98 Å². The molecule has 0 radical (unpaired) electrons. The first-order chi connectivity index (χ1) is 13.6. The van der Waals surface area contributed by atoms with Crippen molar-refractivity contribution in [1.29, 1.82) is 0 Å². The lowest BCUT2D eigenvalue weighted by Crippen LogP contribution is -2.15. The van der Waals surface area contributed by atoms with Crippen molar-refractivity contribution in [3.63, 3.8) is 0 Å². The highest BCUT2D eigenvalue weighted by atomic mass is 16.1. The van der Waals surface area contributed by atoms with Crippen LogP contribution in [0.5, 0.6) is 0 Å². The number of anilines is 1. The summed E-state index contributed by atoms with van der Waals surface area (Å²) in [4.78, 5) is 31.1. The lowest BCUT2D eigenvalue weighted by molar-refractivity contribution is -0.114. The number of carbonyl (C=O) groups is 1. The van der Waals surface area contributed by atoms with Gasteiger partial charge >= 0.3 is 0 Å². The molecule has 1 atom stereocenters. The smallest absolute Gasteiger partial charge is 0.292 e. The Balaban J connectivity index is 1.66. The summed E-state index contributed by atoms with van der Waals surface area (Å²) in [5.74, 6) is -0.0151. The molecule has 6 heteroatoms. The summed E-state index contributed by atoms with van der Waals surface area (Å²) in [6.45, 7) is 1.50. The molecule has 0 spiro atoms. The number of H-pyrrole nitrogens is 1. The average Bonchev–Trinajstić information content (AvgIpc) is 3.26. The van der Waals surface area contributed by atoms with Crippen LogP contribution in [0.25, 0.3) is 16.9 Å². The molecule has 0 saturated heterocycles. The van der Waals surface area contributed by atoms with Gasteiger partial charge in [-0.3, -0.25) is 14.0 Å². The number of rotatable bonds is 3. The molecule has 2 heterocycles. The lowest BCUT2D eigenvalue weighted by atomic mass is 9.92. The second-order valence-electron chi connectivity index (χ2n) is 7.06. The predicted molar refractivity (Wildman–Crippen MR) is 108 cm³/mol. The first kappa shape index (κ1) is 16.5. The average molecular weight is 370 g/mol. The summed E-state index contributed by atoms with van der Waals surface area (Å²) in [6.07, 6.45) is 4.25. The monoisotopic (exact) mass is 370 g/mol. The van der Waals surface area contributed by atoms with Crippen molar-refractivity contribution in [2.75, 3.05) is 5.32 Å². The second-order valence-corrected chi connectivity index (χ2v) is 7.06. The molecule has 1 unspecified atom stereocenters. The molecule has 1 aliphatic rings. The van der Waals surface area contributed by atoms with Crippen molar-refractivity contribution in [3.8, 4) is 11.3 Å². The van der Waals surface area contributed by atoms with Gasteiger partial charge in [-0.15, -0.1) is 0 Å². The fraction of sp³-hybridized carbons (Fsp3) is 0.136. The second kappa shape index (κ2) is 6.20. The number of hydrogen-bond donors (Lipinski definition) is 2. The highest BCUT2D eigenvalue weighted by Gasteiger charge is 2.32. The van der Waals surface area contributed by atoms with E-state index < -0.39 is 0 Å². The van der Waals surface area contributed by atoms with Crippen molar-refractivity contribution in [3.05, 3.63) is 88.1 Å². The normalized spacial score (nSPS) is 14.7. The molecule has 0 bridgehead atoms. The van der Waals surface area contributed by atoms with Crippen molar-refractivity contribution in [2.45, 2.75) is 19.3 Å². The van der Waals surface area contributed by atoms with Crippen LogP contribution in [0.4, 0.5) is 5.69 Å². The molecule has 0 aliphatic heterocycles. The quantitative estimate of drug-likeness (QED) is 0.580. The third-order valence-electron chi connectivity index (χ3n) is 5.22. The maximum atomic E-state index is 12.4. The van der Waals surface area contributed by atoms with E-state index >= 15 is 0 Å². The summed E-state index contributed by atoms with van der Waals surface area (Å²) in [5.41, 5.74) is 6.24. The van der Waals surface area contributed by atoms with Crippen LogP contribution in [0.2, 0.25) is 0 Å². The first-order valence-corrected chi connectivity index (χ1v) is 9.17. The lowest BCUT2D eigenvalue weighted by Gasteiger charge is -2.15. The molecule has 2 N–H and O–H groups in total. The largest absolute Gasteiger partial charge is 0.326 e. The number of imidazole rings is 1. The summed E-state index contributed by atoms with van der Waals surface area (Å²) in [5, 5.41) is 2.84. The molecule has 4 aromatic rings. The van der Waals surface area contributed by atoms with Crippen LogP contribution in [0, 0.1) is 0 Å². The van der Waals surface area contributed by atoms with Gasteiger partial charge in [0.25, 0.3) is 5.56 Å². The number of aromatic amines is 1. The van der Waals surface area contributed by atoms with E-state index in [9.17, 15) is 9.59 Å². The van der Waals surface area contributed by atoms with E-state index in [1.807, 2.05) is 47.0 Å². The first-order valence-electron chi connectivity index (χ1n) is 9.17. The number of nitrogens with zero attached hydrogens (tertiary/aromatic N) is 2. The fourth-order valence-corrected chi connectivity index (χ4v) is 4.16. The zero-order valence-electron chi connectivity index (χ0n) is 15.3. The van der Waals surface area contributed by atoms with Crippen LogP contribution in [0.1, 0.15) is 29.7 Å². The molecule has 6 nitrogen and oxygen atoms in total. The summed E-state index contributed by atoms with van der Waals surface area (Å²) in [7, 11) is 0. The van der Waals surface area contributed by atoms with Crippen molar-refractivity contribution in [2.24, 2.45) is 0 Å². The van der Waals surface area contributed by atoms with Gasteiger partial charge in [0, 0.05) is 36.5 Å². The Morgan fingerprint density at radius 1 is 1.21 bits per heavy atom. The SMILES string of the molecule is CC(=O)Nc1cccc(CC2c3ccccc3-c3[nH]c(=O)c4nccn4c32)c1. The number of amides is 1. The van der Waals surface area contributed by atoms with Gasteiger partial charge in [-0.2, -0.15) is 0 Å². The highest BCUT2D eigenvalue weighted by molar-refractivity contribution is 5.88. The molecule has 0 saturated carbocycles. The maximum absolute atomic E-state index is 12.4. The van der Waals surface area contributed by atoms with Gasteiger partial charge in [-0.05, 0) is 29.7 Å². The molecule has 1 aliphatic carbocycles. The Labute approximate surface area is 160 Å². The van der Waals surface area contributed by atoms with Crippen LogP contribution < -0.4 is 10.9 Å². The Bertz CT molecular complexity index is 1290. The molecule has 1 amide bonds. The molecule has 2 aromatic carbocycles. The van der Waals surface area contributed by atoms with Crippen LogP contribution in [0.15, 0.2) is 65.7 Å². The minimum absolute atomic E-state index is 0.0762. The van der Waals surface area contributed by atoms with E-state index in [1.54, 1.807) is 6.20 Å². The van der Waals surface area contributed by atoms with Crippen LogP contribution in [0.3, 0.4) is 0 Å². The van der Waals surface area contributed by atoms with E-state index in [2.05, 4.69) is 27.4 Å².